The SMILES string of the molecule is CCN(CC)C[C@@H](O)COc1c(Br)cc(S(=O)(=O)c2cc(Br)c(OC[C@H](O)CN(CC)CC)c(Br)c2)cc1Br. The van der Waals surface area contributed by atoms with E-state index in [1.807, 2.05) is 27.7 Å². The van der Waals surface area contributed by atoms with Crippen molar-refractivity contribution in [1.29, 1.82) is 0 Å². The highest BCUT2D eigenvalue weighted by molar-refractivity contribution is 9.11. The molecule has 2 rings (SSSR count). The van der Waals surface area contributed by atoms with Crippen molar-refractivity contribution in [2.24, 2.45) is 0 Å². The molecule has 220 valence electrons. The molecule has 0 saturated heterocycles. The Morgan fingerprint density at radius 3 is 1.21 bits per heavy atom. The monoisotopic (exact) mass is 820 g/mol. The lowest BCUT2D eigenvalue weighted by Crippen LogP contribution is -2.35. The van der Waals surface area contributed by atoms with Crippen molar-refractivity contribution in [2.45, 2.75) is 49.7 Å². The van der Waals surface area contributed by atoms with Gasteiger partial charge in [-0.05, 0) is 114 Å². The summed E-state index contributed by atoms with van der Waals surface area (Å²) in [7, 11) is -3.91. The van der Waals surface area contributed by atoms with Crippen molar-refractivity contribution in [3.63, 3.8) is 0 Å². The van der Waals surface area contributed by atoms with Crippen molar-refractivity contribution in [3.8, 4) is 11.5 Å². The molecule has 2 aromatic rings. The second kappa shape index (κ2) is 16.4. The van der Waals surface area contributed by atoms with E-state index < -0.39 is 22.0 Å². The number of aliphatic hydroxyl groups is 2. The first-order valence-electron chi connectivity index (χ1n) is 12.7. The second-order valence-corrected chi connectivity index (χ2v) is 14.2. The Balaban J connectivity index is 2.20. The Labute approximate surface area is 265 Å². The molecule has 0 aromatic heterocycles. The van der Waals surface area contributed by atoms with Gasteiger partial charge in [-0.1, -0.05) is 27.7 Å². The molecule has 8 nitrogen and oxygen atoms in total. The van der Waals surface area contributed by atoms with Crippen LogP contribution < -0.4 is 9.47 Å². The van der Waals surface area contributed by atoms with Gasteiger partial charge >= 0.3 is 0 Å². The third kappa shape index (κ3) is 9.92. The highest BCUT2D eigenvalue weighted by Gasteiger charge is 2.24. The van der Waals surface area contributed by atoms with E-state index in [4.69, 9.17) is 9.47 Å². The van der Waals surface area contributed by atoms with Gasteiger partial charge in [0.05, 0.1) is 27.7 Å². The van der Waals surface area contributed by atoms with E-state index in [0.29, 0.717) is 42.5 Å². The molecule has 0 fully saturated rings. The summed E-state index contributed by atoms with van der Waals surface area (Å²) in [5.41, 5.74) is 0. The molecule has 0 aliphatic carbocycles. The molecule has 0 spiro atoms. The predicted molar refractivity (Wildman–Crippen MR) is 168 cm³/mol. The zero-order chi connectivity index (χ0) is 29.3. The van der Waals surface area contributed by atoms with Gasteiger partial charge in [-0.15, -0.1) is 0 Å². The molecule has 0 unspecified atom stereocenters. The normalized spacial score (nSPS) is 13.6. The molecule has 2 aromatic carbocycles. The van der Waals surface area contributed by atoms with Crippen LogP contribution in [0.1, 0.15) is 27.7 Å². The lowest BCUT2D eigenvalue weighted by atomic mass is 10.3. The molecule has 0 heterocycles. The quantitative estimate of drug-likeness (QED) is 0.222. The summed E-state index contributed by atoms with van der Waals surface area (Å²) < 4.78 is 40.4. The number of rotatable bonds is 16. The molecule has 0 bridgehead atoms. The van der Waals surface area contributed by atoms with E-state index in [1.165, 1.54) is 24.3 Å². The number of ether oxygens (including phenoxy) is 2. The van der Waals surface area contributed by atoms with E-state index in [9.17, 15) is 18.6 Å². The van der Waals surface area contributed by atoms with Crippen LogP contribution in [-0.4, -0.2) is 93.1 Å². The van der Waals surface area contributed by atoms with Gasteiger partial charge in [0.2, 0.25) is 9.84 Å². The number of nitrogens with zero attached hydrogens (tertiary/aromatic N) is 2. The summed E-state index contributed by atoms with van der Waals surface area (Å²) in [6, 6.07) is 5.90. The van der Waals surface area contributed by atoms with Crippen LogP contribution in [0, 0.1) is 0 Å². The number of hydrogen-bond acceptors (Lipinski definition) is 8. The number of halogens is 4. The summed E-state index contributed by atoms with van der Waals surface area (Å²) in [5.74, 6) is 0.809. The Kier molecular flexibility index (Phi) is 14.7. The molecule has 0 aliphatic heterocycles. The molecular weight excluding hydrogens is 788 g/mol. The molecule has 2 N–H and O–H groups in total. The van der Waals surface area contributed by atoms with Crippen LogP contribution in [0.4, 0.5) is 0 Å². The average molecular weight is 824 g/mol. The van der Waals surface area contributed by atoms with E-state index in [0.717, 1.165) is 26.2 Å². The van der Waals surface area contributed by atoms with Crippen LogP contribution in [0.5, 0.6) is 11.5 Å². The van der Waals surface area contributed by atoms with Gasteiger partial charge in [-0.3, -0.25) is 0 Å². The molecule has 0 radical (unpaired) electrons. The third-order valence-electron chi connectivity index (χ3n) is 6.13. The first-order valence-corrected chi connectivity index (χ1v) is 17.3. The van der Waals surface area contributed by atoms with Gasteiger partial charge in [0, 0.05) is 13.1 Å². The van der Waals surface area contributed by atoms with E-state index in [-0.39, 0.29) is 23.0 Å². The molecule has 0 amide bonds. The van der Waals surface area contributed by atoms with Crippen LogP contribution in [0.25, 0.3) is 0 Å². The van der Waals surface area contributed by atoms with Crippen molar-refractivity contribution >= 4 is 73.6 Å². The summed E-state index contributed by atoms with van der Waals surface area (Å²) in [6.45, 7) is 12.5. The Hall–Kier alpha value is -0.250. The van der Waals surface area contributed by atoms with Gasteiger partial charge in [-0.25, -0.2) is 8.42 Å². The Morgan fingerprint density at radius 1 is 0.667 bits per heavy atom. The number of likely N-dealkylation sites (N-methyl/N-ethyl adjacent to an activating group) is 2. The maximum absolute atomic E-state index is 13.5. The minimum Gasteiger partial charge on any atom is -0.488 e. The van der Waals surface area contributed by atoms with Gasteiger partial charge in [0.15, 0.2) is 0 Å². The second-order valence-electron chi connectivity index (χ2n) is 8.84. The molecule has 39 heavy (non-hydrogen) atoms. The van der Waals surface area contributed by atoms with Crippen LogP contribution >= 0.6 is 63.7 Å². The smallest absolute Gasteiger partial charge is 0.206 e. The van der Waals surface area contributed by atoms with Crippen LogP contribution in [0.3, 0.4) is 0 Å². The zero-order valence-corrected chi connectivity index (χ0v) is 29.6. The molecule has 0 saturated carbocycles. The number of hydrogen-bond donors (Lipinski definition) is 2. The number of aliphatic hydroxyl groups excluding tert-OH is 2. The minimum absolute atomic E-state index is 0.0550. The fourth-order valence-electron chi connectivity index (χ4n) is 3.82. The van der Waals surface area contributed by atoms with E-state index in [1.54, 1.807) is 0 Å². The first kappa shape index (κ1) is 34.9. The maximum atomic E-state index is 13.5. The van der Waals surface area contributed by atoms with Gasteiger partial charge in [0.1, 0.15) is 36.9 Å². The van der Waals surface area contributed by atoms with Gasteiger partial charge in [-0.2, -0.15) is 0 Å². The van der Waals surface area contributed by atoms with Crippen molar-refractivity contribution < 1.29 is 28.1 Å². The molecule has 13 heteroatoms. The molecular formula is C26H36Br4N2O6S. The van der Waals surface area contributed by atoms with Crippen molar-refractivity contribution in [3.05, 3.63) is 42.2 Å². The fourth-order valence-corrected chi connectivity index (χ4v) is 8.62. The minimum atomic E-state index is -3.91. The summed E-state index contributed by atoms with van der Waals surface area (Å²) in [6.07, 6.45) is -1.39. The lowest BCUT2D eigenvalue weighted by molar-refractivity contribution is 0.0710. The predicted octanol–water partition coefficient (Wildman–Crippen LogP) is 5.73. The number of sulfone groups is 1. The van der Waals surface area contributed by atoms with Crippen molar-refractivity contribution in [2.75, 3.05) is 52.5 Å². The summed E-state index contributed by atoms with van der Waals surface area (Å²) in [5, 5.41) is 20.7. The average Bonchev–Trinajstić information content (AvgIpc) is 2.89. The lowest BCUT2D eigenvalue weighted by Gasteiger charge is -2.22. The Bertz CT molecular complexity index is 1060. The van der Waals surface area contributed by atoms with E-state index in [2.05, 4.69) is 73.5 Å². The zero-order valence-electron chi connectivity index (χ0n) is 22.5. The highest BCUT2D eigenvalue weighted by atomic mass is 79.9. The van der Waals surface area contributed by atoms with E-state index >= 15 is 0 Å². The Morgan fingerprint density at radius 2 is 0.949 bits per heavy atom. The van der Waals surface area contributed by atoms with Crippen molar-refractivity contribution in [1.82, 2.24) is 9.80 Å². The van der Waals surface area contributed by atoms with Crippen LogP contribution in [-0.2, 0) is 9.84 Å². The summed E-state index contributed by atoms with van der Waals surface area (Å²) >= 11 is 13.7. The third-order valence-corrected chi connectivity index (χ3v) is 10.2. The highest BCUT2D eigenvalue weighted by Crippen LogP contribution is 2.41. The first-order chi connectivity index (χ1) is 18.4. The molecule has 2 atom stereocenters. The van der Waals surface area contributed by atoms with Gasteiger partial charge in [0.25, 0.3) is 0 Å². The maximum Gasteiger partial charge on any atom is 0.206 e. The summed E-state index contributed by atoms with van der Waals surface area (Å²) in [4.78, 5) is 4.29. The number of benzene rings is 2. The standard InChI is InChI=1S/C26H36Br4N2O6S/c1-5-31(6-2)13-17(33)15-37-25-21(27)9-19(10-22(25)28)39(35,36)20-11-23(29)26(24(30)12-20)38-16-18(34)14-32(7-3)8-4/h9-12,17-18,33-34H,5-8,13-16H2,1-4H3/t17-,18-/m1/s1. The van der Waals surface area contributed by atoms with Crippen LogP contribution in [0.2, 0.25) is 0 Å². The topological polar surface area (TPSA) is 99.5 Å². The largest absolute Gasteiger partial charge is 0.488 e. The van der Waals surface area contributed by atoms with Crippen LogP contribution in [0.15, 0.2) is 51.9 Å². The molecule has 0 aliphatic rings. The fraction of sp³-hybridized carbons (Fsp3) is 0.538. The van der Waals surface area contributed by atoms with Gasteiger partial charge < -0.3 is 29.5 Å².